The lowest BCUT2D eigenvalue weighted by Gasteiger charge is -2.10. The van der Waals surface area contributed by atoms with Gasteiger partial charge in [-0.2, -0.15) is 0 Å². The Morgan fingerprint density at radius 1 is 1.25 bits per heavy atom. The maximum Gasteiger partial charge on any atom is 0.213 e. The second-order valence-electron chi connectivity index (χ2n) is 5.39. The van der Waals surface area contributed by atoms with Crippen molar-refractivity contribution in [3.8, 4) is 5.88 Å². The van der Waals surface area contributed by atoms with E-state index in [-0.39, 0.29) is 0 Å². The van der Waals surface area contributed by atoms with Gasteiger partial charge in [-0.25, -0.2) is 4.98 Å². The molecule has 0 aliphatic carbocycles. The SMILES string of the molecule is CCCNCc1ccc(OCCOCC(C)C)nc1C. The molecule has 1 N–H and O–H groups in total. The molecule has 1 heterocycles. The van der Waals surface area contributed by atoms with Crippen LogP contribution in [0.3, 0.4) is 0 Å². The molecule has 0 saturated heterocycles. The second-order valence-corrected chi connectivity index (χ2v) is 5.39. The normalized spacial score (nSPS) is 11.1. The van der Waals surface area contributed by atoms with Crippen LogP contribution in [0, 0.1) is 12.8 Å². The summed E-state index contributed by atoms with van der Waals surface area (Å²) in [7, 11) is 0. The molecule has 0 atom stereocenters. The van der Waals surface area contributed by atoms with E-state index in [1.165, 1.54) is 5.56 Å². The summed E-state index contributed by atoms with van der Waals surface area (Å²) < 4.78 is 11.1. The molecule has 0 aliphatic heterocycles. The highest BCUT2D eigenvalue weighted by molar-refractivity contribution is 5.24. The van der Waals surface area contributed by atoms with E-state index in [1.54, 1.807) is 0 Å². The highest BCUT2D eigenvalue weighted by Crippen LogP contribution is 2.12. The van der Waals surface area contributed by atoms with Gasteiger partial charge in [0.2, 0.25) is 5.88 Å². The Hall–Kier alpha value is -1.13. The van der Waals surface area contributed by atoms with Crippen LogP contribution in [0.2, 0.25) is 0 Å². The average molecular weight is 280 g/mol. The fourth-order valence-corrected chi connectivity index (χ4v) is 1.76. The predicted octanol–water partition coefficient (Wildman–Crippen LogP) is 2.94. The number of ether oxygens (including phenoxy) is 2. The zero-order valence-electron chi connectivity index (χ0n) is 13.2. The minimum atomic E-state index is 0.548. The molecular weight excluding hydrogens is 252 g/mol. The minimum Gasteiger partial charge on any atom is -0.475 e. The zero-order chi connectivity index (χ0) is 14.8. The molecule has 4 heteroatoms. The van der Waals surface area contributed by atoms with E-state index in [4.69, 9.17) is 9.47 Å². The van der Waals surface area contributed by atoms with Gasteiger partial charge in [-0.05, 0) is 31.4 Å². The van der Waals surface area contributed by atoms with E-state index in [0.717, 1.165) is 31.8 Å². The number of aryl methyl sites for hydroxylation is 1. The Labute approximate surface area is 122 Å². The van der Waals surface area contributed by atoms with Gasteiger partial charge in [-0.15, -0.1) is 0 Å². The molecule has 0 aliphatic rings. The Morgan fingerprint density at radius 3 is 2.70 bits per heavy atom. The molecule has 0 radical (unpaired) electrons. The Bertz CT molecular complexity index is 381. The molecule has 0 spiro atoms. The molecule has 20 heavy (non-hydrogen) atoms. The topological polar surface area (TPSA) is 43.4 Å². The molecule has 0 fully saturated rings. The molecule has 0 unspecified atom stereocenters. The first kappa shape index (κ1) is 16.9. The smallest absolute Gasteiger partial charge is 0.213 e. The lowest BCUT2D eigenvalue weighted by molar-refractivity contribution is 0.0806. The molecule has 1 aromatic heterocycles. The van der Waals surface area contributed by atoms with Gasteiger partial charge in [0.25, 0.3) is 0 Å². The molecule has 114 valence electrons. The number of nitrogens with zero attached hydrogens (tertiary/aromatic N) is 1. The summed E-state index contributed by atoms with van der Waals surface area (Å²) in [5.74, 6) is 1.24. The number of rotatable bonds is 10. The highest BCUT2D eigenvalue weighted by Gasteiger charge is 2.02. The van der Waals surface area contributed by atoms with Crippen LogP contribution in [0.25, 0.3) is 0 Å². The zero-order valence-corrected chi connectivity index (χ0v) is 13.2. The van der Waals surface area contributed by atoms with Crippen LogP contribution in [0.1, 0.15) is 38.4 Å². The van der Waals surface area contributed by atoms with Crippen LogP contribution < -0.4 is 10.1 Å². The molecule has 0 saturated carbocycles. The quantitative estimate of drug-likeness (QED) is 0.669. The summed E-state index contributed by atoms with van der Waals surface area (Å²) in [4.78, 5) is 4.47. The van der Waals surface area contributed by atoms with Crippen LogP contribution >= 0.6 is 0 Å². The van der Waals surface area contributed by atoms with Crippen LogP contribution in [0.5, 0.6) is 5.88 Å². The standard InChI is InChI=1S/C16H28N2O2/c1-5-8-17-11-15-6-7-16(18-14(15)4)20-10-9-19-12-13(2)3/h6-7,13,17H,5,8-12H2,1-4H3. The first-order valence-electron chi connectivity index (χ1n) is 7.51. The van der Waals surface area contributed by atoms with Crippen molar-refractivity contribution in [3.63, 3.8) is 0 Å². The molecule has 0 bridgehead atoms. The van der Waals surface area contributed by atoms with Gasteiger partial charge in [0.15, 0.2) is 0 Å². The van der Waals surface area contributed by atoms with E-state index in [1.807, 2.05) is 13.0 Å². The van der Waals surface area contributed by atoms with Crippen molar-refractivity contribution in [2.24, 2.45) is 5.92 Å². The highest BCUT2D eigenvalue weighted by atomic mass is 16.5. The Kier molecular flexibility index (Phi) is 8.23. The van der Waals surface area contributed by atoms with Crippen molar-refractivity contribution in [2.45, 2.75) is 40.7 Å². The lowest BCUT2D eigenvalue weighted by atomic mass is 10.2. The van der Waals surface area contributed by atoms with E-state index in [0.29, 0.717) is 25.0 Å². The fraction of sp³-hybridized carbons (Fsp3) is 0.688. The average Bonchev–Trinajstić information content (AvgIpc) is 2.40. The summed E-state index contributed by atoms with van der Waals surface area (Å²) in [6.45, 7) is 12.3. The van der Waals surface area contributed by atoms with Crippen molar-refractivity contribution < 1.29 is 9.47 Å². The first-order chi connectivity index (χ1) is 9.63. The summed E-state index contributed by atoms with van der Waals surface area (Å²) in [6, 6.07) is 4.01. The van der Waals surface area contributed by atoms with Crippen molar-refractivity contribution in [1.82, 2.24) is 10.3 Å². The van der Waals surface area contributed by atoms with Gasteiger partial charge in [-0.3, -0.25) is 0 Å². The van der Waals surface area contributed by atoms with Crippen LogP contribution in [0.4, 0.5) is 0 Å². The number of nitrogens with one attached hydrogen (secondary N) is 1. The van der Waals surface area contributed by atoms with Crippen LogP contribution in [-0.2, 0) is 11.3 Å². The molecular formula is C16H28N2O2. The van der Waals surface area contributed by atoms with Crippen molar-refractivity contribution >= 4 is 0 Å². The van der Waals surface area contributed by atoms with Crippen molar-refractivity contribution in [3.05, 3.63) is 23.4 Å². The third kappa shape index (κ3) is 6.87. The van der Waals surface area contributed by atoms with Gasteiger partial charge >= 0.3 is 0 Å². The van der Waals surface area contributed by atoms with E-state index in [9.17, 15) is 0 Å². The Balaban J connectivity index is 2.31. The predicted molar refractivity (Wildman–Crippen MR) is 82.1 cm³/mol. The van der Waals surface area contributed by atoms with Gasteiger partial charge in [-0.1, -0.05) is 26.8 Å². The van der Waals surface area contributed by atoms with Crippen molar-refractivity contribution in [1.29, 1.82) is 0 Å². The largest absolute Gasteiger partial charge is 0.475 e. The molecule has 1 rings (SSSR count). The van der Waals surface area contributed by atoms with Gasteiger partial charge < -0.3 is 14.8 Å². The monoisotopic (exact) mass is 280 g/mol. The number of hydrogen-bond donors (Lipinski definition) is 1. The maximum absolute atomic E-state index is 5.59. The maximum atomic E-state index is 5.59. The summed E-state index contributed by atoms with van der Waals surface area (Å²) in [6.07, 6.45) is 1.14. The van der Waals surface area contributed by atoms with Crippen LogP contribution in [-0.4, -0.2) is 31.3 Å². The number of aromatic nitrogens is 1. The number of hydrogen-bond acceptors (Lipinski definition) is 4. The van der Waals surface area contributed by atoms with Gasteiger partial charge in [0, 0.05) is 24.9 Å². The van der Waals surface area contributed by atoms with Crippen LogP contribution in [0.15, 0.2) is 12.1 Å². The summed E-state index contributed by atoms with van der Waals surface area (Å²) in [5, 5.41) is 3.38. The Morgan fingerprint density at radius 2 is 2.05 bits per heavy atom. The molecule has 4 nitrogen and oxygen atoms in total. The minimum absolute atomic E-state index is 0.548. The van der Waals surface area contributed by atoms with Gasteiger partial charge in [0.05, 0.1) is 6.61 Å². The van der Waals surface area contributed by atoms with Gasteiger partial charge in [0.1, 0.15) is 6.61 Å². The lowest BCUT2D eigenvalue weighted by Crippen LogP contribution is -2.15. The summed E-state index contributed by atoms with van der Waals surface area (Å²) in [5.41, 5.74) is 2.25. The number of pyridine rings is 1. The van der Waals surface area contributed by atoms with E-state index in [2.05, 4.69) is 37.1 Å². The summed E-state index contributed by atoms with van der Waals surface area (Å²) >= 11 is 0. The molecule has 1 aromatic rings. The molecule has 0 aromatic carbocycles. The van der Waals surface area contributed by atoms with E-state index >= 15 is 0 Å². The second kappa shape index (κ2) is 9.72. The first-order valence-corrected chi connectivity index (χ1v) is 7.51. The van der Waals surface area contributed by atoms with Crippen molar-refractivity contribution in [2.75, 3.05) is 26.4 Å². The fourth-order valence-electron chi connectivity index (χ4n) is 1.76. The van der Waals surface area contributed by atoms with E-state index < -0.39 is 0 Å². The molecule has 0 amide bonds. The third-order valence-corrected chi connectivity index (χ3v) is 2.84. The third-order valence-electron chi connectivity index (χ3n) is 2.84.